The second-order valence-corrected chi connectivity index (χ2v) is 6.00. The minimum absolute atomic E-state index is 0.572. The lowest BCUT2D eigenvalue weighted by Crippen LogP contribution is -2.44. The van der Waals surface area contributed by atoms with Crippen molar-refractivity contribution in [2.24, 2.45) is 0 Å². The molecule has 1 aromatic carbocycles. The maximum absolute atomic E-state index is 10.3. The predicted molar refractivity (Wildman–Crippen MR) is 75.9 cm³/mol. The number of nitrogens with one attached hydrogen (secondary N) is 1. The Morgan fingerprint density at radius 3 is 2.78 bits per heavy atom. The molecule has 0 aromatic heterocycles. The molecule has 0 radical (unpaired) electrons. The average Bonchev–Trinajstić information content (AvgIpc) is 2.33. The highest BCUT2D eigenvalue weighted by atomic mass is 79.9. The fourth-order valence-corrected chi connectivity index (χ4v) is 2.76. The lowest BCUT2D eigenvalue weighted by atomic mass is 9.94. The Labute approximate surface area is 121 Å². The van der Waals surface area contributed by atoms with E-state index in [1.807, 2.05) is 18.2 Å². The van der Waals surface area contributed by atoms with Crippen molar-refractivity contribution in [2.45, 2.75) is 25.0 Å². The minimum atomic E-state index is -0.639. The zero-order valence-electron chi connectivity index (χ0n) is 10.1. The number of hydrogen-bond acceptors (Lipinski definition) is 3. The molecule has 2 rings (SSSR count). The number of benzene rings is 1. The van der Waals surface area contributed by atoms with Crippen molar-refractivity contribution in [3.05, 3.63) is 33.3 Å². The summed E-state index contributed by atoms with van der Waals surface area (Å²) in [7, 11) is 0. The normalized spacial score (nSPS) is 18.8. The zero-order valence-corrected chi connectivity index (χ0v) is 12.4. The average molecular weight is 335 g/mol. The van der Waals surface area contributed by atoms with Crippen molar-refractivity contribution in [1.82, 2.24) is 5.32 Å². The molecule has 0 saturated carbocycles. The molecule has 1 heterocycles. The monoisotopic (exact) mass is 333 g/mol. The van der Waals surface area contributed by atoms with Crippen molar-refractivity contribution >= 4 is 27.5 Å². The highest BCUT2D eigenvalue weighted by molar-refractivity contribution is 9.10. The van der Waals surface area contributed by atoms with E-state index in [0.717, 1.165) is 15.1 Å². The molecule has 0 aliphatic carbocycles. The van der Waals surface area contributed by atoms with E-state index in [1.54, 1.807) is 0 Å². The Kier molecular flexibility index (Phi) is 5.04. The Morgan fingerprint density at radius 1 is 1.39 bits per heavy atom. The van der Waals surface area contributed by atoms with Gasteiger partial charge in [-0.1, -0.05) is 33.6 Å². The van der Waals surface area contributed by atoms with E-state index >= 15 is 0 Å². The summed E-state index contributed by atoms with van der Waals surface area (Å²) in [4.78, 5) is 0. The molecule has 0 spiro atoms. The lowest BCUT2D eigenvalue weighted by molar-refractivity contribution is -0.0617. The molecule has 100 valence electrons. The molecule has 1 aliphatic rings. The summed E-state index contributed by atoms with van der Waals surface area (Å²) in [5, 5.41) is 14.3. The van der Waals surface area contributed by atoms with Gasteiger partial charge in [0.2, 0.25) is 0 Å². The van der Waals surface area contributed by atoms with Crippen LogP contribution >= 0.6 is 27.5 Å². The number of ether oxygens (including phenoxy) is 1. The smallest absolute Gasteiger partial charge is 0.0815 e. The summed E-state index contributed by atoms with van der Waals surface area (Å²) in [6.07, 6.45) is 1.38. The van der Waals surface area contributed by atoms with E-state index in [1.165, 1.54) is 0 Å². The molecule has 2 N–H and O–H groups in total. The first-order chi connectivity index (χ1) is 8.59. The van der Waals surface area contributed by atoms with Gasteiger partial charge < -0.3 is 15.2 Å². The highest BCUT2D eigenvalue weighted by Crippen LogP contribution is 2.22. The van der Waals surface area contributed by atoms with Gasteiger partial charge in [-0.2, -0.15) is 0 Å². The molecule has 0 bridgehead atoms. The molecule has 5 heteroatoms. The van der Waals surface area contributed by atoms with Crippen LogP contribution in [-0.2, 0) is 11.3 Å². The third kappa shape index (κ3) is 3.93. The standard InChI is InChI=1S/C13H17BrClNO2/c14-11-2-1-10(12(15)7-11)8-16-9-13(17)3-5-18-6-4-13/h1-2,7,16-17H,3-6,8-9H2. The van der Waals surface area contributed by atoms with E-state index in [-0.39, 0.29) is 0 Å². The van der Waals surface area contributed by atoms with Crippen LogP contribution in [0.1, 0.15) is 18.4 Å². The number of halogens is 2. The molecule has 1 aliphatic heterocycles. The maximum Gasteiger partial charge on any atom is 0.0815 e. The van der Waals surface area contributed by atoms with Gasteiger partial charge in [0.25, 0.3) is 0 Å². The molecule has 3 nitrogen and oxygen atoms in total. The lowest BCUT2D eigenvalue weighted by Gasteiger charge is -2.32. The third-order valence-electron chi connectivity index (χ3n) is 3.21. The number of aliphatic hydroxyl groups is 1. The van der Waals surface area contributed by atoms with E-state index in [2.05, 4.69) is 21.2 Å². The second kappa shape index (κ2) is 6.35. The van der Waals surface area contributed by atoms with Crippen LogP contribution in [0.5, 0.6) is 0 Å². The van der Waals surface area contributed by atoms with Gasteiger partial charge in [-0.25, -0.2) is 0 Å². The second-order valence-electron chi connectivity index (χ2n) is 4.68. The van der Waals surface area contributed by atoms with Crippen LogP contribution in [0.4, 0.5) is 0 Å². The third-order valence-corrected chi connectivity index (χ3v) is 4.05. The Hall–Kier alpha value is -0.130. The number of hydrogen-bond donors (Lipinski definition) is 2. The highest BCUT2D eigenvalue weighted by Gasteiger charge is 2.29. The van der Waals surface area contributed by atoms with E-state index in [9.17, 15) is 5.11 Å². The Bertz CT molecular complexity index is 408. The first-order valence-electron chi connectivity index (χ1n) is 6.04. The first-order valence-corrected chi connectivity index (χ1v) is 7.21. The molecule has 1 aromatic rings. The van der Waals surface area contributed by atoms with Crippen molar-refractivity contribution in [1.29, 1.82) is 0 Å². The Morgan fingerprint density at radius 2 is 2.11 bits per heavy atom. The van der Waals surface area contributed by atoms with Gasteiger partial charge >= 0.3 is 0 Å². The molecule has 0 atom stereocenters. The van der Waals surface area contributed by atoms with Gasteiger partial charge in [-0.15, -0.1) is 0 Å². The van der Waals surface area contributed by atoms with Crippen LogP contribution in [0.3, 0.4) is 0 Å². The van der Waals surface area contributed by atoms with Gasteiger partial charge in [0.05, 0.1) is 5.60 Å². The summed E-state index contributed by atoms with van der Waals surface area (Å²) in [5.41, 5.74) is 0.399. The first kappa shape index (κ1) is 14.3. The van der Waals surface area contributed by atoms with Crippen LogP contribution in [0.15, 0.2) is 22.7 Å². The summed E-state index contributed by atoms with van der Waals surface area (Å²) >= 11 is 9.51. The van der Waals surface area contributed by atoms with E-state index in [0.29, 0.717) is 39.1 Å². The van der Waals surface area contributed by atoms with Gasteiger partial charge in [0.15, 0.2) is 0 Å². The van der Waals surface area contributed by atoms with Crippen LogP contribution in [0.2, 0.25) is 5.02 Å². The summed E-state index contributed by atoms with van der Waals surface area (Å²) in [6.45, 7) is 2.51. The number of rotatable bonds is 4. The summed E-state index contributed by atoms with van der Waals surface area (Å²) in [6, 6.07) is 5.82. The van der Waals surface area contributed by atoms with Crippen molar-refractivity contribution in [3.63, 3.8) is 0 Å². The molecular formula is C13H17BrClNO2. The molecule has 0 unspecified atom stereocenters. The van der Waals surface area contributed by atoms with Crippen LogP contribution < -0.4 is 5.32 Å². The molecular weight excluding hydrogens is 318 g/mol. The van der Waals surface area contributed by atoms with Gasteiger partial charge in [0.1, 0.15) is 0 Å². The Balaban J connectivity index is 1.84. The molecule has 1 saturated heterocycles. The van der Waals surface area contributed by atoms with Crippen LogP contribution in [0, 0.1) is 0 Å². The SMILES string of the molecule is OC1(CNCc2ccc(Br)cc2Cl)CCOCC1. The topological polar surface area (TPSA) is 41.5 Å². The van der Waals surface area contributed by atoms with Crippen molar-refractivity contribution in [2.75, 3.05) is 19.8 Å². The van der Waals surface area contributed by atoms with Crippen LogP contribution in [-0.4, -0.2) is 30.5 Å². The van der Waals surface area contributed by atoms with Gasteiger partial charge in [-0.05, 0) is 17.7 Å². The van der Waals surface area contributed by atoms with E-state index in [4.69, 9.17) is 16.3 Å². The quantitative estimate of drug-likeness (QED) is 0.889. The fourth-order valence-electron chi connectivity index (χ4n) is 2.02. The van der Waals surface area contributed by atoms with Gasteiger partial charge in [-0.3, -0.25) is 0 Å². The fraction of sp³-hybridized carbons (Fsp3) is 0.538. The largest absolute Gasteiger partial charge is 0.388 e. The minimum Gasteiger partial charge on any atom is -0.388 e. The van der Waals surface area contributed by atoms with Gasteiger partial charge in [0, 0.05) is 48.6 Å². The predicted octanol–water partition coefficient (Wildman–Crippen LogP) is 2.73. The molecule has 18 heavy (non-hydrogen) atoms. The molecule has 1 fully saturated rings. The van der Waals surface area contributed by atoms with Crippen LogP contribution in [0.25, 0.3) is 0 Å². The summed E-state index contributed by atoms with van der Waals surface area (Å²) < 4.78 is 6.22. The molecule has 0 amide bonds. The zero-order chi connectivity index (χ0) is 13.0. The summed E-state index contributed by atoms with van der Waals surface area (Å²) in [5.74, 6) is 0. The maximum atomic E-state index is 10.3. The van der Waals surface area contributed by atoms with Crippen molar-refractivity contribution < 1.29 is 9.84 Å². The van der Waals surface area contributed by atoms with Crippen molar-refractivity contribution in [3.8, 4) is 0 Å². The van der Waals surface area contributed by atoms with E-state index < -0.39 is 5.60 Å².